The molecule has 0 aromatic heterocycles. The first-order chi connectivity index (χ1) is 9.94. The Hall–Kier alpha value is -1.62. The van der Waals surface area contributed by atoms with Crippen LogP contribution in [0.4, 0.5) is 0 Å². The number of unbranched alkanes of at least 4 members (excludes halogenated alkanes) is 1. The second kappa shape index (κ2) is 11.1. The van der Waals surface area contributed by atoms with Crippen LogP contribution >= 0.6 is 0 Å². The van der Waals surface area contributed by atoms with Crippen molar-refractivity contribution in [1.82, 2.24) is 0 Å². The number of carbonyl (C=O) groups is 2. The van der Waals surface area contributed by atoms with E-state index in [4.69, 9.17) is 9.47 Å². The van der Waals surface area contributed by atoms with Crippen LogP contribution in [0.2, 0.25) is 0 Å². The van der Waals surface area contributed by atoms with E-state index in [0.717, 1.165) is 37.8 Å². The molecular formula is C16H26O5. The normalized spacial score (nSPS) is 14.2. The summed E-state index contributed by atoms with van der Waals surface area (Å²) in [4.78, 5) is 23.1. The molecule has 2 unspecified atom stereocenters. The molecule has 0 fully saturated rings. The second-order valence-corrected chi connectivity index (χ2v) is 4.91. The third-order valence-corrected chi connectivity index (χ3v) is 2.96. The van der Waals surface area contributed by atoms with E-state index in [-0.39, 0.29) is 18.3 Å². The number of rotatable bonds is 10. The van der Waals surface area contributed by atoms with E-state index in [9.17, 15) is 14.7 Å². The lowest BCUT2D eigenvalue weighted by Gasteiger charge is -2.15. The first-order valence-corrected chi connectivity index (χ1v) is 7.35. The molecule has 0 aliphatic carbocycles. The molecule has 0 saturated heterocycles. The molecule has 21 heavy (non-hydrogen) atoms. The van der Waals surface area contributed by atoms with Crippen LogP contribution in [0, 0.1) is 5.92 Å². The summed E-state index contributed by atoms with van der Waals surface area (Å²) in [5.41, 5.74) is 0. The minimum absolute atomic E-state index is 0.276. The summed E-state index contributed by atoms with van der Waals surface area (Å²) in [6, 6.07) is 0. The number of esters is 2. The van der Waals surface area contributed by atoms with Crippen molar-refractivity contribution in [2.75, 3.05) is 6.61 Å². The van der Waals surface area contributed by atoms with Gasteiger partial charge in [0.15, 0.2) is 0 Å². The van der Waals surface area contributed by atoms with Gasteiger partial charge in [-0.3, -0.25) is 0 Å². The van der Waals surface area contributed by atoms with Gasteiger partial charge in [-0.2, -0.15) is 0 Å². The molecule has 120 valence electrons. The van der Waals surface area contributed by atoms with E-state index in [2.05, 4.69) is 13.5 Å². The van der Waals surface area contributed by atoms with Gasteiger partial charge in [0.05, 0.1) is 12.7 Å². The molecule has 0 aromatic carbocycles. The average molecular weight is 298 g/mol. The maximum Gasteiger partial charge on any atom is 0.374 e. The van der Waals surface area contributed by atoms with Crippen LogP contribution in [0.15, 0.2) is 24.5 Å². The molecule has 0 saturated carbocycles. The van der Waals surface area contributed by atoms with Crippen molar-refractivity contribution < 1.29 is 24.2 Å². The van der Waals surface area contributed by atoms with E-state index in [1.807, 2.05) is 6.92 Å². The fraction of sp³-hybridized carbons (Fsp3) is 0.625. The first kappa shape index (κ1) is 19.4. The highest BCUT2D eigenvalue weighted by molar-refractivity contribution is 5.92. The Morgan fingerprint density at radius 1 is 1.33 bits per heavy atom. The van der Waals surface area contributed by atoms with Crippen LogP contribution in [-0.2, 0) is 19.1 Å². The summed E-state index contributed by atoms with van der Waals surface area (Å²) in [6.45, 7) is 9.13. The number of carbonyl (C=O) groups excluding carboxylic acids is 2. The number of aliphatic hydroxyl groups excluding tert-OH is 1. The zero-order valence-corrected chi connectivity index (χ0v) is 13.1. The summed E-state index contributed by atoms with van der Waals surface area (Å²) in [5, 5.41) is 9.30. The van der Waals surface area contributed by atoms with Gasteiger partial charge < -0.3 is 14.6 Å². The van der Waals surface area contributed by atoms with Crippen molar-refractivity contribution in [3.05, 3.63) is 24.5 Å². The molecule has 5 nitrogen and oxygen atoms in total. The van der Waals surface area contributed by atoms with Gasteiger partial charge in [0.25, 0.3) is 0 Å². The smallest absolute Gasteiger partial charge is 0.374 e. The molecule has 0 aromatic rings. The number of hydrogen-bond acceptors (Lipinski definition) is 5. The van der Waals surface area contributed by atoms with Crippen molar-refractivity contribution >= 4 is 11.9 Å². The molecule has 0 aliphatic heterocycles. The Labute approximate surface area is 126 Å². The lowest BCUT2D eigenvalue weighted by Crippen LogP contribution is -2.19. The quantitative estimate of drug-likeness (QED) is 0.381. The van der Waals surface area contributed by atoms with E-state index in [1.54, 1.807) is 0 Å². The molecule has 0 heterocycles. The monoisotopic (exact) mass is 298 g/mol. The van der Waals surface area contributed by atoms with Gasteiger partial charge in [-0.15, -0.1) is 0 Å². The van der Waals surface area contributed by atoms with Crippen molar-refractivity contribution in [2.24, 2.45) is 5.92 Å². The fourth-order valence-electron chi connectivity index (χ4n) is 1.68. The third kappa shape index (κ3) is 9.02. The predicted octanol–water partition coefficient (Wildman–Crippen LogP) is 2.74. The van der Waals surface area contributed by atoms with Crippen LogP contribution in [-0.4, -0.2) is 29.8 Å². The topological polar surface area (TPSA) is 72.8 Å². The highest BCUT2D eigenvalue weighted by atomic mass is 16.6. The number of hydrogen-bond donors (Lipinski definition) is 1. The van der Waals surface area contributed by atoms with E-state index in [0.29, 0.717) is 0 Å². The minimum Gasteiger partial charge on any atom is -0.460 e. The van der Waals surface area contributed by atoms with Crippen LogP contribution in [0.3, 0.4) is 0 Å². The number of aliphatic hydroxyl groups is 1. The lowest BCUT2D eigenvalue weighted by atomic mass is 10.0. The van der Waals surface area contributed by atoms with Gasteiger partial charge in [-0.05, 0) is 25.3 Å². The molecule has 0 aliphatic rings. The third-order valence-electron chi connectivity index (χ3n) is 2.96. The van der Waals surface area contributed by atoms with Crippen LogP contribution in [0.1, 0.15) is 46.5 Å². The molecule has 5 heteroatoms. The van der Waals surface area contributed by atoms with E-state index in [1.165, 1.54) is 6.92 Å². The second-order valence-electron chi connectivity index (χ2n) is 4.91. The summed E-state index contributed by atoms with van der Waals surface area (Å²) in [6.07, 6.45) is 5.23. The lowest BCUT2D eigenvalue weighted by molar-refractivity contribution is -0.150. The Kier molecular flexibility index (Phi) is 10.2. The molecule has 1 N–H and O–H groups in total. The highest BCUT2D eigenvalue weighted by Gasteiger charge is 2.18. The zero-order chi connectivity index (χ0) is 16.3. The van der Waals surface area contributed by atoms with Crippen molar-refractivity contribution in [3.8, 4) is 0 Å². The number of ether oxygens (including phenoxy) is 2. The minimum atomic E-state index is -0.924. The fourth-order valence-corrected chi connectivity index (χ4v) is 1.68. The maximum atomic E-state index is 11.9. The average Bonchev–Trinajstić information content (AvgIpc) is 2.45. The van der Waals surface area contributed by atoms with Gasteiger partial charge in [0.1, 0.15) is 0 Å². The van der Waals surface area contributed by atoms with Gasteiger partial charge in [0.2, 0.25) is 5.76 Å². The largest absolute Gasteiger partial charge is 0.460 e. The summed E-state index contributed by atoms with van der Waals surface area (Å²) >= 11 is 0. The van der Waals surface area contributed by atoms with Crippen molar-refractivity contribution in [3.63, 3.8) is 0 Å². The van der Waals surface area contributed by atoms with Gasteiger partial charge >= 0.3 is 11.9 Å². The standard InChI is InChI=1S/C16H26O5/c1-5-8-9-13(6-2)11-20-16(19)14(10-12(4)17)21-15(18)7-3/h7,10,12-13,17H,3,5-6,8-9,11H2,1-2,4H3/b14-10-. The molecular weight excluding hydrogens is 272 g/mol. The molecule has 0 amide bonds. The molecule has 0 radical (unpaired) electrons. The molecule has 2 atom stereocenters. The van der Waals surface area contributed by atoms with Crippen LogP contribution in [0.25, 0.3) is 0 Å². The van der Waals surface area contributed by atoms with Crippen molar-refractivity contribution in [2.45, 2.75) is 52.6 Å². The zero-order valence-electron chi connectivity index (χ0n) is 13.1. The Morgan fingerprint density at radius 3 is 2.48 bits per heavy atom. The maximum absolute atomic E-state index is 11.9. The first-order valence-electron chi connectivity index (χ1n) is 7.35. The van der Waals surface area contributed by atoms with Crippen molar-refractivity contribution in [1.29, 1.82) is 0 Å². The van der Waals surface area contributed by atoms with Crippen LogP contribution < -0.4 is 0 Å². The Morgan fingerprint density at radius 2 is 2.00 bits per heavy atom. The summed E-state index contributed by atoms with van der Waals surface area (Å²) < 4.78 is 9.96. The van der Waals surface area contributed by atoms with Gasteiger partial charge in [-0.25, -0.2) is 9.59 Å². The van der Waals surface area contributed by atoms with Gasteiger partial charge in [0, 0.05) is 6.08 Å². The Balaban J connectivity index is 4.59. The molecule has 0 spiro atoms. The SMILES string of the molecule is C=CC(=O)O/C(=C\C(C)O)C(=O)OCC(CC)CCCC. The Bertz CT molecular complexity index is 371. The molecule has 0 bridgehead atoms. The summed E-state index contributed by atoms with van der Waals surface area (Å²) in [7, 11) is 0. The summed E-state index contributed by atoms with van der Waals surface area (Å²) in [5.74, 6) is -1.53. The van der Waals surface area contributed by atoms with E-state index < -0.39 is 18.0 Å². The van der Waals surface area contributed by atoms with Gasteiger partial charge in [-0.1, -0.05) is 39.7 Å². The predicted molar refractivity (Wildman–Crippen MR) is 80.3 cm³/mol. The molecule has 0 rings (SSSR count). The van der Waals surface area contributed by atoms with Crippen LogP contribution in [0.5, 0.6) is 0 Å². The van der Waals surface area contributed by atoms with E-state index >= 15 is 0 Å². The highest BCUT2D eigenvalue weighted by Crippen LogP contribution is 2.14.